The smallest absolute Gasteiger partial charge is 0.146 e. The van der Waals surface area contributed by atoms with Crippen LogP contribution in [0.5, 0.6) is 0 Å². The Labute approximate surface area is 342 Å². The molecule has 59 heavy (non-hydrogen) atoms. The summed E-state index contributed by atoms with van der Waals surface area (Å²) in [4.78, 5) is 5.53. The van der Waals surface area contributed by atoms with Gasteiger partial charge in [0.15, 0.2) is 0 Å². The van der Waals surface area contributed by atoms with Gasteiger partial charge in [-0.15, -0.1) is 0 Å². The highest BCUT2D eigenvalue weighted by atomic mass is 16.3. The summed E-state index contributed by atoms with van der Waals surface area (Å²) >= 11 is 0. The van der Waals surface area contributed by atoms with Gasteiger partial charge in [-0.05, 0) is 75.4 Å². The number of para-hydroxylation sites is 2. The number of rotatable bonds is 3. The van der Waals surface area contributed by atoms with E-state index in [4.69, 9.17) is 4.98 Å². The maximum atomic E-state index is 13.1. The minimum atomic E-state index is -1.12. The molecule has 4 nitrogen and oxygen atoms in total. The first-order valence-corrected chi connectivity index (χ1v) is 21.2. The van der Waals surface area contributed by atoms with Crippen molar-refractivity contribution >= 4 is 49.1 Å². The summed E-state index contributed by atoms with van der Waals surface area (Å²) in [6.45, 7) is 0. The molecule has 284 valence electrons. The number of aromatic nitrogens is 2. The molecule has 0 amide bonds. The van der Waals surface area contributed by atoms with E-state index < -0.39 is 11.2 Å². The van der Waals surface area contributed by atoms with E-state index in [0.717, 1.165) is 71.4 Å². The molecule has 2 aromatic heterocycles. The van der Waals surface area contributed by atoms with Crippen molar-refractivity contribution in [2.24, 2.45) is 47.3 Å². The van der Waals surface area contributed by atoms with Gasteiger partial charge in [0.1, 0.15) is 16.8 Å². The van der Waals surface area contributed by atoms with Crippen molar-refractivity contribution < 1.29 is 10.2 Å². The number of pyridine rings is 1. The molecule has 7 aromatic rings. The van der Waals surface area contributed by atoms with Crippen LogP contribution in [0.4, 0.5) is 0 Å². The van der Waals surface area contributed by atoms with Crippen LogP contribution >= 0.6 is 0 Å². The lowest BCUT2D eigenvalue weighted by molar-refractivity contribution is -0.0186. The van der Waals surface area contributed by atoms with Gasteiger partial charge in [0.05, 0.1) is 16.6 Å². The second kappa shape index (κ2) is 12.1. The number of hydrogen-bond donors (Lipinski definition) is 2. The minimum Gasteiger partial charge on any atom is -0.384 e. The zero-order chi connectivity index (χ0) is 39.0. The van der Waals surface area contributed by atoms with Crippen molar-refractivity contribution in [3.05, 3.63) is 205 Å². The Bertz CT molecular complexity index is 3150. The van der Waals surface area contributed by atoms with E-state index in [9.17, 15) is 10.2 Å². The van der Waals surface area contributed by atoms with Crippen LogP contribution in [0, 0.1) is 47.3 Å². The number of nitrogens with zero attached hydrogens (tertiary/aromatic N) is 2. The molecule has 6 aliphatic rings. The van der Waals surface area contributed by atoms with Crippen LogP contribution < -0.4 is 0 Å². The molecule has 2 saturated carbocycles. The second-order valence-corrected chi connectivity index (χ2v) is 17.6. The van der Waals surface area contributed by atoms with Crippen molar-refractivity contribution in [1.82, 2.24) is 9.38 Å². The molecule has 0 radical (unpaired) electrons. The molecule has 0 spiro atoms. The molecule has 0 bridgehead atoms. The molecule has 13 rings (SSSR count). The highest BCUT2D eigenvalue weighted by Crippen LogP contribution is 2.60. The lowest BCUT2D eigenvalue weighted by atomic mass is 9.74. The van der Waals surface area contributed by atoms with E-state index in [1.54, 1.807) is 0 Å². The van der Waals surface area contributed by atoms with Crippen LogP contribution in [0.25, 0.3) is 60.3 Å². The van der Waals surface area contributed by atoms with Crippen LogP contribution in [0.15, 0.2) is 194 Å². The maximum Gasteiger partial charge on any atom is 0.146 e. The molecule has 0 aliphatic heterocycles. The largest absolute Gasteiger partial charge is 0.384 e. The van der Waals surface area contributed by atoms with Gasteiger partial charge < -0.3 is 10.2 Å². The zero-order valence-corrected chi connectivity index (χ0v) is 32.4. The molecule has 2 fully saturated rings. The Morgan fingerprint density at radius 1 is 0.475 bits per heavy atom. The quantitative estimate of drug-likeness (QED) is 0.176. The van der Waals surface area contributed by atoms with Crippen LogP contribution in [-0.4, -0.2) is 19.6 Å². The van der Waals surface area contributed by atoms with Gasteiger partial charge in [-0.25, -0.2) is 4.98 Å². The summed E-state index contributed by atoms with van der Waals surface area (Å²) in [5.74, 6) is 0.870. The lowest BCUT2D eigenvalue weighted by Crippen LogP contribution is -2.37. The van der Waals surface area contributed by atoms with Crippen LogP contribution in [0.2, 0.25) is 0 Å². The topological polar surface area (TPSA) is 57.8 Å². The molecule has 2 N–H and O–H groups in total. The van der Waals surface area contributed by atoms with Crippen LogP contribution in [0.3, 0.4) is 0 Å². The third-order valence-corrected chi connectivity index (χ3v) is 15.1. The van der Waals surface area contributed by atoms with Gasteiger partial charge in [-0.1, -0.05) is 170 Å². The number of aliphatic hydroxyl groups is 2. The second-order valence-electron chi connectivity index (χ2n) is 17.6. The van der Waals surface area contributed by atoms with Gasteiger partial charge in [0, 0.05) is 45.4 Å². The molecule has 2 heterocycles. The Balaban J connectivity index is 0.977. The molecular weight excluding hydrogens is 721 g/mol. The molecule has 8 unspecified atom stereocenters. The molecular formula is C55H42N2O2. The van der Waals surface area contributed by atoms with Crippen LogP contribution in [0.1, 0.15) is 11.1 Å². The summed E-state index contributed by atoms with van der Waals surface area (Å²) in [5, 5.41) is 31.5. The average molecular weight is 763 g/mol. The lowest BCUT2D eigenvalue weighted by Gasteiger charge is -2.35. The van der Waals surface area contributed by atoms with Gasteiger partial charge >= 0.3 is 0 Å². The summed E-state index contributed by atoms with van der Waals surface area (Å²) in [7, 11) is 0. The predicted molar refractivity (Wildman–Crippen MR) is 239 cm³/mol. The van der Waals surface area contributed by atoms with E-state index in [1.807, 2.05) is 0 Å². The Morgan fingerprint density at radius 2 is 1.02 bits per heavy atom. The number of imidazole rings is 1. The van der Waals surface area contributed by atoms with E-state index in [1.165, 1.54) is 0 Å². The molecule has 0 saturated heterocycles. The van der Waals surface area contributed by atoms with Crippen molar-refractivity contribution in [3.8, 4) is 11.1 Å². The van der Waals surface area contributed by atoms with Gasteiger partial charge in [-0.3, -0.25) is 4.40 Å². The first kappa shape index (κ1) is 33.6. The number of hydrogen-bond acceptors (Lipinski definition) is 3. The summed E-state index contributed by atoms with van der Waals surface area (Å²) in [5.41, 5.74) is 5.86. The molecule has 4 heteroatoms. The summed E-state index contributed by atoms with van der Waals surface area (Å²) in [6.07, 6.45) is 34.9. The van der Waals surface area contributed by atoms with E-state index in [2.05, 4.69) is 199 Å². The third kappa shape index (κ3) is 4.38. The van der Waals surface area contributed by atoms with Gasteiger partial charge in [0.25, 0.3) is 0 Å². The Morgan fingerprint density at radius 3 is 1.69 bits per heavy atom. The highest BCUT2D eigenvalue weighted by molar-refractivity contribution is 6.19. The average Bonchev–Trinajstić information content (AvgIpc) is 3.91. The number of fused-ring (bicyclic) bond motifs is 15. The minimum absolute atomic E-state index is 0.0141. The molecule has 8 atom stereocenters. The normalized spacial score (nSPS) is 32.2. The van der Waals surface area contributed by atoms with Crippen molar-refractivity contribution in [2.75, 3.05) is 0 Å². The fourth-order valence-electron chi connectivity index (χ4n) is 12.6. The SMILES string of the molecule is OC1(c2ccc3cc(-c4cccc5c4c4ccccc4n4c6cccc(C7(O)C8C=CC=CC8C8C=CC=CC87)c6nc54)ccc3c2)C2C=CC=CC2C2C=CC=CC21. The first-order valence-electron chi connectivity index (χ1n) is 21.2. The Kier molecular flexibility index (Phi) is 6.90. The van der Waals surface area contributed by atoms with Crippen molar-refractivity contribution in [1.29, 1.82) is 0 Å². The van der Waals surface area contributed by atoms with Gasteiger partial charge in [-0.2, -0.15) is 0 Å². The summed E-state index contributed by atoms with van der Waals surface area (Å²) in [6, 6.07) is 34.9. The third-order valence-electron chi connectivity index (χ3n) is 15.1. The monoisotopic (exact) mass is 762 g/mol. The fraction of sp³-hybridized carbons (Fsp3) is 0.182. The Hall–Kier alpha value is -6.33. The van der Waals surface area contributed by atoms with E-state index >= 15 is 0 Å². The van der Waals surface area contributed by atoms with Crippen molar-refractivity contribution in [3.63, 3.8) is 0 Å². The maximum absolute atomic E-state index is 13.1. The molecule has 5 aromatic carbocycles. The predicted octanol–water partition coefficient (Wildman–Crippen LogP) is 11.5. The van der Waals surface area contributed by atoms with Crippen molar-refractivity contribution in [2.45, 2.75) is 11.2 Å². The first-order chi connectivity index (χ1) is 29.0. The van der Waals surface area contributed by atoms with E-state index in [-0.39, 0.29) is 47.3 Å². The van der Waals surface area contributed by atoms with Gasteiger partial charge in [0.2, 0.25) is 0 Å². The standard InChI is InChI=1S/C55H42N2O2/c58-54(44-20-6-1-13-38(44)39-14-2-7-21-45(39)54)36-30-29-33-31-35(28-27-34(33)32-36)37-18-11-19-43-51(37)42-17-5-10-25-49(42)57-50-26-12-24-48(52(50)56-53(43)57)55(59)46-22-8-3-15-40(46)41-16-4-9-23-47(41)55/h1-32,38-41,44-47,58-59H. The highest BCUT2D eigenvalue weighted by Gasteiger charge is 2.59. The fourth-order valence-corrected chi connectivity index (χ4v) is 12.6. The number of allylic oxidation sites excluding steroid dienone is 12. The zero-order valence-electron chi connectivity index (χ0n) is 32.4. The number of benzene rings is 5. The summed E-state index contributed by atoms with van der Waals surface area (Å²) < 4.78 is 2.31. The molecule has 6 aliphatic carbocycles. The van der Waals surface area contributed by atoms with Crippen LogP contribution in [-0.2, 0) is 11.2 Å². The van der Waals surface area contributed by atoms with E-state index in [0.29, 0.717) is 0 Å².